The molecule has 0 saturated heterocycles. The Kier molecular flexibility index (Phi) is 7.48. The van der Waals surface area contributed by atoms with E-state index in [4.69, 9.17) is 9.73 Å². The lowest BCUT2D eigenvalue weighted by Gasteiger charge is -2.22. The number of nitrogens with zero attached hydrogens (tertiary/aromatic N) is 1. The van der Waals surface area contributed by atoms with Crippen molar-refractivity contribution in [2.24, 2.45) is 4.99 Å². The number of hydrogen-bond acceptors (Lipinski definition) is 4. The molecule has 1 heterocycles. The summed E-state index contributed by atoms with van der Waals surface area (Å²) < 4.78 is 5.21. The van der Waals surface area contributed by atoms with Crippen LogP contribution in [0.4, 0.5) is 0 Å². The second-order valence-electron chi connectivity index (χ2n) is 6.73. The molecule has 2 rings (SSSR count). The van der Waals surface area contributed by atoms with Crippen molar-refractivity contribution < 1.29 is 9.84 Å². The third-order valence-electron chi connectivity index (χ3n) is 4.11. The molecule has 6 heteroatoms. The number of hydrogen-bond donors (Lipinski definition) is 3. The van der Waals surface area contributed by atoms with Crippen molar-refractivity contribution in [1.29, 1.82) is 0 Å². The molecule has 0 bridgehead atoms. The number of aliphatic hydroxyl groups is 1. The fraction of sp³-hybridized carbons (Fsp3) is 0.450. The highest BCUT2D eigenvalue weighted by atomic mass is 32.1. The number of methoxy groups -OCH3 is 1. The van der Waals surface area contributed by atoms with Crippen molar-refractivity contribution in [3.05, 3.63) is 52.2 Å². The molecule has 1 atom stereocenters. The summed E-state index contributed by atoms with van der Waals surface area (Å²) in [7, 11) is 1.62. The molecule has 0 fully saturated rings. The zero-order valence-corrected chi connectivity index (χ0v) is 16.8. The van der Waals surface area contributed by atoms with Gasteiger partial charge in [0.2, 0.25) is 0 Å². The monoisotopic (exact) mass is 375 g/mol. The predicted octanol–water partition coefficient (Wildman–Crippen LogP) is 3.32. The maximum atomic E-state index is 10.4. The van der Waals surface area contributed by atoms with E-state index in [1.165, 1.54) is 4.88 Å². The number of ether oxygens (including phenoxy) is 1. The summed E-state index contributed by atoms with van der Waals surface area (Å²) in [6.07, 6.45) is -0.640. The molecular weight excluding hydrogens is 346 g/mol. The molecule has 26 heavy (non-hydrogen) atoms. The fourth-order valence-electron chi connectivity index (χ4n) is 2.52. The Balaban J connectivity index is 1.98. The van der Waals surface area contributed by atoms with Crippen LogP contribution in [-0.4, -0.2) is 37.8 Å². The van der Waals surface area contributed by atoms with E-state index in [0.717, 1.165) is 17.9 Å². The molecule has 0 amide bonds. The second-order valence-corrected chi connectivity index (χ2v) is 7.68. The lowest BCUT2D eigenvalue weighted by atomic mass is 9.92. The number of aliphatic imine (C=N–C) groups is 1. The van der Waals surface area contributed by atoms with Gasteiger partial charge in [0.25, 0.3) is 0 Å². The lowest BCUT2D eigenvalue weighted by Crippen LogP contribution is -2.40. The first-order chi connectivity index (χ1) is 12.5. The second kappa shape index (κ2) is 9.59. The Morgan fingerprint density at radius 2 is 2.08 bits per heavy atom. The molecule has 0 aliphatic rings. The smallest absolute Gasteiger partial charge is 0.191 e. The van der Waals surface area contributed by atoms with Gasteiger partial charge in [0, 0.05) is 23.4 Å². The number of guanidine groups is 1. The molecule has 0 saturated carbocycles. The number of thiophene rings is 1. The molecule has 1 aromatic heterocycles. The van der Waals surface area contributed by atoms with Crippen LogP contribution in [0.2, 0.25) is 0 Å². The Bertz CT molecular complexity index is 699. The number of aliphatic hydroxyl groups excluding tert-OH is 1. The Hall–Kier alpha value is -2.05. The minimum Gasteiger partial charge on any atom is -0.497 e. The van der Waals surface area contributed by atoms with Crippen LogP contribution in [-0.2, 0) is 5.41 Å². The van der Waals surface area contributed by atoms with Crippen LogP contribution in [0.3, 0.4) is 0 Å². The summed E-state index contributed by atoms with van der Waals surface area (Å²) in [5.74, 6) is 1.44. The molecule has 0 spiro atoms. The number of nitrogens with one attached hydrogen (secondary N) is 2. The maximum Gasteiger partial charge on any atom is 0.191 e. The highest BCUT2D eigenvalue weighted by Crippen LogP contribution is 2.27. The van der Waals surface area contributed by atoms with Crippen LogP contribution in [0.1, 0.15) is 37.3 Å². The summed E-state index contributed by atoms with van der Waals surface area (Å²) >= 11 is 1.75. The van der Waals surface area contributed by atoms with E-state index in [1.54, 1.807) is 18.4 Å². The van der Waals surface area contributed by atoms with E-state index in [1.807, 2.05) is 31.2 Å². The fourth-order valence-corrected chi connectivity index (χ4v) is 3.36. The minimum atomic E-state index is -0.640. The molecule has 142 valence electrons. The van der Waals surface area contributed by atoms with Gasteiger partial charge >= 0.3 is 0 Å². The van der Waals surface area contributed by atoms with E-state index in [-0.39, 0.29) is 5.41 Å². The van der Waals surface area contributed by atoms with Gasteiger partial charge in [0.1, 0.15) is 5.75 Å². The molecule has 0 aliphatic carbocycles. The average Bonchev–Trinajstić information content (AvgIpc) is 3.19. The van der Waals surface area contributed by atoms with Gasteiger partial charge in [-0.25, -0.2) is 0 Å². The first-order valence-electron chi connectivity index (χ1n) is 8.84. The molecule has 0 aliphatic heterocycles. The van der Waals surface area contributed by atoms with Gasteiger partial charge in [-0.05, 0) is 36.1 Å². The minimum absolute atomic E-state index is 0.0259. The van der Waals surface area contributed by atoms with Gasteiger partial charge in [0.15, 0.2) is 5.96 Å². The van der Waals surface area contributed by atoms with E-state index in [9.17, 15) is 5.11 Å². The van der Waals surface area contributed by atoms with Crippen molar-refractivity contribution in [2.45, 2.75) is 32.3 Å². The first-order valence-corrected chi connectivity index (χ1v) is 9.72. The van der Waals surface area contributed by atoms with Crippen LogP contribution >= 0.6 is 11.3 Å². The number of rotatable bonds is 8. The topological polar surface area (TPSA) is 65.9 Å². The van der Waals surface area contributed by atoms with Crippen LogP contribution in [0.15, 0.2) is 46.8 Å². The van der Waals surface area contributed by atoms with Crippen molar-refractivity contribution in [3.8, 4) is 5.75 Å². The van der Waals surface area contributed by atoms with Gasteiger partial charge in [-0.3, -0.25) is 4.99 Å². The zero-order chi connectivity index (χ0) is 19.0. The van der Waals surface area contributed by atoms with Crippen molar-refractivity contribution in [2.75, 3.05) is 26.7 Å². The molecular formula is C20H29N3O2S. The average molecular weight is 376 g/mol. The van der Waals surface area contributed by atoms with Crippen molar-refractivity contribution in [3.63, 3.8) is 0 Å². The summed E-state index contributed by atoms with van der Waals surface area (Å²) in [5, 5.41) is 19.0. The largest absolute Gasteiger partial charge is 0.497 e. The summed E-state index contributed by atoms with van der Waals surface area (Å²) in [4.78, 5) is 6.02. The molecule has 5 nitrogen and oxygen atoms in total. The van der Waals surface area contributed by atoms with E-state index in [2.05, 4.69) is 42.0 Å². The molecule has 0 radical (unpaired) electrons. The Labute approximate surface area is 160 Å². The predicted molar refractivity (Wildman–Crippen MR) is 109 cm³/mol. The molecule has 1 aromatic carbocycles. The molecule has 3 N–H and O–H groups in total. The van der Waals surface area contributed by atoms with Crippen LogP contribution < -0.4 is 15.4 Å². The first kappa shape index (κ1) is 20.3. The van der Waals surface area contributed by atoms with Gasteiger partial charge in [0.05, 0.1) is 19.8 Å². The normalized spacial score (nSPS) is 13.3. The summed E-state index contributed by atoms with van der Waals surface area (Å²) in [6.45, 7) is 8.21. The van der Waals surface area contributed by atoms with Crippen molar-refractivity contribution in [1.82, 2.24) is 10.6 Å². The molecule has 1 unspecified atom stereocenters. The third-order valence-corrected chi connectivity index (χ3v) is 5.34. The highest BCUT2D eigenvalue weighted by molar-refractivity contribution is 7.10. The zero-order valence-electron chi connectivity index (χ0n) is 16.0. The van der Waals surface area contributed by atoms with Crippen LogP contribution in [0, 0.1) is 0 Å². The van der Waals surface area contributed by atoms with E-state index < -0.39 is 6.10 Å². The summed E-state index contributed by atoms with van der Waals surface area (Å²) in [5.41, 5.74) is 0.786. The Morgan fingerprint density at radius 1 is 1.27 bits per heavy atom. The van der Waals surface area contributed by atoms with Gasteiger partial charge < -0.3 is 20.5 Å². The van der Waals surface area contributed by atoms with Gasteiger partial charge in [-0.1, -0.05) is 32.0 Å². The quantitative estimate of drug-likeness (QED) is 0.489. The third kappa shape index (κ3) is 5.75. The van der Waals surface area contributed by atoms with Gasteiger partial charge in [-0.2, -0.15) is 0 Å². The van der Waals surface area contributed by atoms with Crippen LogP contribution in [0.25, 0.3) is 0 Å². The Morgan fingerprint density at radius 3 is 2.73 bits per heavy atom. The van der Waals surface area contributed by atoms with Crippen LogP contribution in [0.5, 0.6) is 5.75 Å². The maximum absolute atomic E-state index is 10.4. The summed E-state index contributed by atoms with van der Waals surface area (Å²) in [6, 6.07) is 11.7. The van der Waals surface area contributed by atoms with E-state index >= 15 is 0 Å². The molecule has 2 aromatic rings. The van der Waals surface area contributed by atoms with Crippen molar-refractivity contribution >= 4 is 17.3 Å². The van der Waals surface area contributed by atoms with Gasteiger partial charge in [-0.15, -0.1) is 11.3 Å². The van der Waals surface area contributed by atoms with E-state index in [0.29, 0.717) is 19.0 Å². The lowest BCUT2D eigenvalue weighted by molar-refractivity contribution is 0.180. The SMILES string of the molecule is CCNC(=NCC(C)(C)c1cccs1)NCC(O)c1cccc(OC)c1. The number of benzene rings is 1. The highest BCUT2D eigenvalue weighted by Gasteiger charge is 2.21. The standard InChI is InChI=1S/C20H29N3O2S/c1-5-21-19(23-14-20(2,3)18-10-7-11-26-18)22-13-17(24)15-8-6-9-16(12-15)25-4/h6-12,17,24H,5,13-14H2,1-4H3,(H2,21,22,23).